The molecule has 0 N–H and O–H groups in total. The lowest BCUT2D eigenvalue weighted by Crippen LogP contribution is -2.40. The van der Waals surface area contributed by atoms with Gasteiger partial charge in [-0.25, -0.2) is 4.39 Å². The Balaban J connectivity index is 1.59. The maximum atomic E-state index is 15.3. The van der Waals surface area contributed by atoms with Crippen LogP contribution < -0.4 is 9.80 Å². The van der Waals surface area contributed by atoms with E-state index >= 15 is 4.39 Å². The van der Waals surface area contributed by atoms with Crippen molar-refractivity contribution in [1.82, 2.24) is 0 Å². The Morgan fingerprint density at radius 3 is 2.54 bits per heavy atom. The molecule has 0 aromatic heterocycles. The molecule has 28 heavy (non-hydrogen) atoms. The number of piperidine rings is 1. The van der Waals surface area contributed by atoms with E-state index in [1.165, 1.54) is 0 Å². The molecule has 0 radical (unpaired) electrons. The van der Waals surface area contributed by atoms with Gasteiger partial charge >= 0.3 is 5.97 Å². The zero-order valence-corrected chi connectivity index (χ0v) is 16.8. The fourth-order valence-corrected chi connectivity index (χ4v) is 5.29. The van der Waals surface area contributed by atoms with Gasteiger partial charge < -0.3 is 14.5 Å². The van der Waals surface area contributed by atoms with Crippen LogP contribution in [0.4, 0.5) is 15.8 Å². The minimum atomic E-state index is -0.665. The maximum Gasteiger partial charge on any atom is 0.309 e. The van der Waals surface area contributed by atoms with Crippen LogP contribution in [0, 0.1) is 11.7 Å². The summed E-state index contributed by atoms with van der Waals surface area (Å²) in [6, 6.07) is 3.55. The van der Waals surface area contributed by atoms with Gasteiger partial charge in [0.25, 0.3) is 0 Å². The van der Waals surface area contributed by atoms with Gasteiger partial charge in [0, 0.05) is 31.4 Å². The molecule has 1 aliphatic carbocycles. The molecule has 0 atom stereocenters. The zero-order valence-electron chi connectivity index (χ0n) is 16.8. The van der Waals surface area contributed by atoms with Crippen molar-refractivity contribution in [3.05, 3.63) is 23.5 Å². The topological polar surface area (TPSA) is 49.9 Å². The Hall–Kier alpha value is -2.11. The highest BCUT2D eigenvalue weighted by atomic mass is 19.1. The van der Waals surface area contributed by atoms with E-state index in [1.807, 2.05) is 13.0 Å². The third kappa shape index (κ3) is 2.97. The van der Waals surface area contributed by atoms with Crippen LogP contribution in [0.15, 0.2) is 12.1 Å². The normalized spacial score (nSPS) is 21.9. The standard InChI is InChI=1S/C22H29FN2O3/c1-3-28-20(26)15-7-11-25(12-8-15)16-13-17(23)19-18(14-16)24(2)21(27)22(19)9-5-4-6-10-22/h13-15H,3-12H2,1-2H3. The average molecular weight is 388 g/mol. The second-order valence-corrected chi connectivity index (χ2v) is 8.34. The van der Waals surface area contributed by atoms with Crippen LogP contribution in [0.25, 0.3) is 0 Å². The highest BCUT2D eigenvalue weighted by Gasteiger charge is 2.51. The molecule has 0 bridgehead atoms. The maximum absolute atomic E-state index is 15.3. The molecule has 0 unspecified atom stereocenters. The predicted octanol–water partition coefficient (Wildman–Crippen LogP) is 3.78. The van der Waals surface area contributed by atoms with Crippen LogP contribution in [0.1, 0.15) is 57.4 Å². The molecule has 1 aromatic rings. The summed E-state index contributed by atoms with van der Waals surface area (Å²) in [5, 5.41) is 0. The number of halogens is 1. The summed E-state index contributed by atoms with van der Waals surface area (Å²) in [6.07, 6.45) is 5.95. The van der Waals surface area contributed by atoms with Crippen molar-refractivity contribution in [1.29, 1.82) is 0 Å². The van der Waals surface area contributed by atoms with Crippen LogP contribution in [0.3, 0.4) is 0 Å². The Bertz CT molecular complexity index is 780. The number of likely N-dealkylation sites (N-methyl/N-ethyl adjacent to an activating group) is 1. The molecule has 1 saturated heterocycles. The van der Waals surface area contributed by atoms with Crippen LogP contribution in [-0.2, 0) is 19.7 Å². The van der Waals surface area contributed by atoms with Crippen molar-refractivity contribution >= 4 is 23.3 Å². The van der Waals surface area contributed by atoms with Crippen molar-refractivity contribution < 1.29 is 18.7 Å². The smallest absolute Gasteiger partial charge is 0.309 e. The second-order valence-electron chi connectivity index (χ2n) is 8.34. The lowest BCUT2D eigenvalue weighted by molar-refractivity contribution is -0.148. The molecule has 152 valence electrons. The molecular formula is C22H29FN2O3. The van der Waals surface area contributed by atoms with Gasteiger partial charge in [0.2, 0.25) is 5.91 Å². The number of esters is 1. The Kier molecular flexibility index (Phi) is 5.06. The Morgan fingerprint density at radius 2 is 1.89 bits per heavy atom. The van der Waals surface area contributed by atoms with Gasteiger partial charge in [-0.3, -0.25) is 9.59 Å². The van der Waals surface area contributed by atoms with Crippen molar-refractivity contribution in [3.63, 3.8) is 0 Å². The number of hydrogen-bond acceptors (Lipinski definition) is 4. The van der Waals surface area contributed by atoms with Gasteiger partial charge in [0.15, 0.2) is 0 Å². The highest BCUT2D eigenvalue weighted by molar-refractivity contribution is 6.08. The number of hydrogen-bond donors (Lipinski definition) is 0. The highest BCUT2D eigenvalue weighted by Crippen LogP contribution is 2.51. The van der Waals surface area contributed by atoms with Gasteiger partial charge in [-0.1, -0.05) is 19.3 Å². The average Bonchev–Trinajstić information content (AvgIpc) is 2.91. The summed E-state index contributed by atoms with van der Waals surface area (Å²) in [5.74, 6) is -0.434. The number of nitrogens with zero attached hydrogens (tertiary/aromatic N) is 2. The van der Waals surface area contributed by atoms with Crippen LogP contribution >= 0.6 is 0 Å². The Morgan fingerprint density at radius 1 is 1.21 bits per heavy atom. The summed E-state index contributed by atoms with van der Waals surface area (Å²) >= 11 is 0. The molecule has 2 aliphatic heterocycles. The molecule has 3 aliphatic rings. The molecule has 2 fully saturated rings. The number of rotatable bonds is 3. The van der Waals surface area contributed by atoms with E-state index in [0.717, 1.165) is 43.5 Å². The molecule has 4 rings (SSSR count). The number of anilines is 2. The van der Waals surface area contributed by atoms with E-state index < -0.39 is 5.41 Å². The van der Waals surface area contributed by atoms with Crippen LogP contribution in [0.5, 0.6) is 0 Å². The second kappa shape index (κ2) is 7.37. The van der Waals surface area contributed by atoms with E-state index in [1.54, 1.807) is 18.0 Å². The number of carbonyl (C=O) groups is 2. The third-order valence-corrected chi connectivity index (χ3v) is 6.80. The summed E-state index contributed by atoms with van der Waals surface area (Å²) < 4.78 is 20.4. The minimum absolute atomic E-state index is 0.0410. The van der Waals surface area contributed by atoms with E-state index in [2.05, 4.69) is 4.90 Å². The first kappa shape index (κ1) is 19.2. The summed E-state index contributed by atoms with van der Waals surface area (Å²) in [4.78, 5) is 28.8. The van der Waals surface area contributed by atoms with Gasteiger partial charge in [0.05, 0.1) is 23.6 Å². The molecule has 1 amide bonds. The fraction of sp³-hybridized carbons (Fsp3) is 0.636. The largest absolute Gasteiger partial charge is 0.466 e. The SMILES string of the molecule is CCOC(=O)C1CCN(c2cc(F)c3c(c2)N(C)C(=O)C32CCCCC2)CC1. The van der Waals surface area contributed by atoms with E-state index in [-0.39, 0.29) is 23.6 Å². The van der Waals surface area contributed by atoms with Crippen molar-refractivity contribution in [3.8, 4) is 0 Å². The lowest BCUT2D eigenvalue weighted by Gasteiger charge is -2.34. The predicted molar refractivity (Wildman–Crippen MR) is 106 cm³/mol. The molecule has 2 heterocycles. The molecular weight excluding hydrogens is 359 g/mol. The van der Waals surface area contributed by atoms with E-state index in [9.17, 15) is 9.59 Å². The zero-order chi connectivity index (χ0) is 19.9. The first-order valence-electron chi connectivity index (χ1n) is 10.5. The van der Waals surface area contributed by atoms with Gasteiger partial charge in [0.1, 0.15) is 5.82 Å². The molecule has 1 spiro atoms. The monoisotopic (exact) mass is 388 g/mol. The molecule has 6 heteroatoms. The first-order chi connectivity index (χ1) is 13.5. The van der Waals surface area contributed by atoms with Gasteiger partial charge in [-0.2, -0.15) is 0 Å². The molecule has 5 nitrogen and oxygen atoms in total. The van der Waals surface area contributed by atoms with E-state index in [0.29, 0.717) is 38.1 Å². The number of fused-ring (bicyclic) bond motifs is 2. The first-order valence-corrected chi connectivity index (χ1v) is 10.5. The quantitative estimate of drug-likeness (QED) is 0.740. The van der Waals surface area contributed by atoms with E-state index in [4.69, 9.17) is 4.74 Å². The fourth-order valence-electron chi connectivity index (χ4n) is 5.29. The summed E-state index contributed by atoms with van der Waals surface area (Å²) in [5.41, 5.74) is 1.45. The van der Waals surface area contributed by atoms with Crippen molar-refractivity contribution in [2.75, 3.05) is 36.5 Å². The van der Waals surface area contributed by atoms with Crippen LogP contribution in [0.2, 0.25) is 0 Å². The number of ether oxygens (including phenoxy) is 1. The summed E-state index contributed by atoms with van der Waals surface area (Å²) in [7, 11) is 1.76. The molecule has 1 aromatic carbocycles. The lowest BCUT2D eigenvalue weighted by atomic mass is 9.70. The van der Waals surface area contributed by atoms with Crippen molar-refractivity contribution in [2.24, 2.45) is 5.92 Å². The number of carbonyl (C=O) groups excluding carboxylic acids is 2. The Labute approximate surface area is 165 Å². The third-order valence-electron chi connectivity index (χ3n) is 6.80. The van der Waals surface area contributed by atoms with Crippen molar-refractivity contribution in [2.45, 2.75) is 57.3 Å². The number of benzene rings is 1. The van der Waals surface area contributed by atoms with Crippen LogP contribution in [-0.4, -0.2) is 38.6 Å². The minimum Gasteiger partial charge on any atom is -0.466 e. The summed E-state index contributed by atoms with van der Waals surface area (Å²) in [6.45, 7) is 3.59. The van der Waals surface area contributed by atoms with Gasteiger partial charge in [-0.15, -0.1) is 0 Å². The molecule has 1 saturated carbocycles. The van der Waals surface area contributed by atoms with Gasteiger partial charge in [-0.05, 0) is 44.7 Å². The number of amides is 1.